The van der Waals surface area contributed by atoms with Gasteiger partial charge in [0.05, 0.1) is 21.7 Å². The molecule has 5 heteroatoms. The minimum atomic E-state index is 0.282. The highest BCUT2D eigenvalue weighted by Gasteiger charge is 2.09. The van der Waals surface area contributed by atoms with E-state index in [0.717, 1.165) is 35.1 Å². The van der Waals surface area contributed by atoms with Crippen LogP contribution in [0.25, 0.3) is 11.0 Å². The van der Waals surface area contributed by atoms with E-state index in [2.05, 4.69) is 57.3 Å². The van der Waals surface area contributed by atoms with Gasteiger partial charge in [0.2, 0.25) is 0 Å². The standard InChI is InChI=1S/C16H20N4S/c1-11(15-10-21-13(3)19-15)17-8-9-20-12(2)18-14-6-4-5-7-16(14)20/h4-7,10-11,17H,8-9H2,1-3H3. The number of aryl methyl sites for hydroxylation is 2. The Morgan fingerprint density at radius 2 is 2.05 bits per heavy atom. The Balaban J connectivity index is 1.65. The lowest BCUT2D eigenvalue weighted by atomic mass is 10.2. The van der Waals surface area contributed by atoms with Gasteiger partial charge in [0.1, 0.15) is 5.82 Å². The fourth-order valence-corrected chi connectivity index (χ4v) is 3.26. The van der Waals surface area contributed by atoms with E-state index in [1.807, 2.05) is 13.0 Å². The van der Waals surface area contributed by atoms with Crippen molar-refractivity contribution in [1.29, 1.82) is 0 Å². The molecule has 2 heterocycles. The van der Waals surface area contributed by atoms with Crippen LogP contribution >= 0.6 is 11.3 Å². The summed E-state index contributed by atoms with van der Waals surface area (Å²) in [5, 5.41) is 6.79. The number of aromatic nitrogens is 3. The summed E-state index contributed by atoms with van der Waals surface area (Å²) >= 11 is 1.70. The zero-order valence-corrected chi connectivity index (χ0v) is 13.4. The van der Waals surface area contributed by atoms with Crippen LogP contribution in [-0.2, 0) is 6.54 Å². The quantitative estimate of drug-likeness (QED) is 0.784. The monoisotopic (exact) mass is 300 g/mol. The van der Waals surface area contributed by atoms with E-state index in [-0.39, 0.29) is 6.04 Å². The smallest absolute Gasteiger partial charge is 0.106 e. The highest BCUT2D eigenvalue weighted by atomic mass is 32.1. The van der Waals surface area contributed by atoms with Crippen molar-refractivity contribution in [2.45, 2.75) is 33.4 Å². The van der Waals surface area contributed by atoms with Crippen molar-refractivity contribution in [1.82, 2.24) is 19.9 Å². The van der Waals surface area contributed by atoms with Gasteiger partial charge in [-0.25, -0.2) is 9.97 Å². The van der Waals surface area contributed by atoms with Gasteiger partial charge in [0.25, 0.3) is 0 Å². The van der Waals surface area contributed by atoms with E-state index >= 15 is 0 Å². The van der Waals surface area contributed by atoms with E-state index in [9.17, 15) is 0 Å². The first-order valence-corrected chi connectivity index (χ1v) is 8.10. The van der Waals surface area contributed by atoms with Crippen LogP contribution in [0.15, 0.2) is 29.6 Å². The van der Waals surface area contributed by atoms with Crippen LogP contribution in [0.5, 0.6) is 0 Å². The van der Waals surface area contributed by atoms with E-state index in [4.69, 9.17) is 0 Å². The molecule has 0 amide bonds. The molecule has 110 valence electrons. The van der Waals surface area contributed by atoms with Crippen molar-refractivity contribution in [2.75, 3.05) is 6.54 Å². The Kier molecular flexibility index (Phi) is 4.03. The zero-order chi connectivity index (χ0) is 14.8. The number of imidazole rings is 1. The molecule has 3 rings (SSSR count). The van der Waals surface area contributed by atoms with Crippen LogP contribution in [0.3, 0.4) is 0 Å². The predicted octanol–water partition coefficient (Wildman–Crippen LogP) is 3.46. The summed E-state index contributed by atoms with van der Waals surface area (Å²) in [7, 11) is 0. The number of hydrogen-bond acceptors (Lipinski definition) is 4. The maximum Gasteiger partial charge on any atom is 0.106 e. The van der Waals surface area contributed by atoms with Gasteiger partial charge >= 0.3 is 0 Å². The van der Waals surface area contributed by atoms with Crippen molar-refractivity contribution in [3.05, 3.63) is 46.2 Å². The molecule has 4 nitrogen and oxygen atoms in total. The number of benzene rings is 1. The molecule has 21 heavy (non-hydrogen) atoms. The molecule has 0 saturated carbocycles. The van der Waals surface area contributed by atoms with Gasteiger partial charge in [-0.05, 0) is 32.9 Å². The predicted molar refractivity (Wildman–Crippen MR) is 87.7 cm³/mol. The average Bonchev–Trinajstić information content (AvgIpc) is 3.03. The molecule has 0 saturated heterocycles. The molecular formula is C16H20N4S. The Morgan fingerprint density at radius 1 is 1.24 bits per heavy atom. The van der Waals surface area contributed by atoms with Crippen molar-refractivity contribution in [3.63, 3.8) is 0 Å². The number of para-hydroxylation sites is 2. The van der Waals surface area contributed by atoms with Crippen LogP contribution < -0.4 is 5.32 Å². The zero-order valence-electron chi connectivity index (χ0n) is 12.6. The first-order valence-electron chi connectivity index (χ1n) is 7.22. The SMILES string of the molecule is Cc1nc(C(C)NCCn2c(C)nc3ccccc32)cs1. The van der Waals surface area contributed by atoms with Gasteiger partial charge in [-0.2, -0.15) is 0 Å². The molecule has 1 unspecified atom stereocenters. The maximum atomic E-state index is 4.60. The molecule has 0 radical (unpaired) electrons. The maximum absolute atomic E-state index is 4.60. The van der Waals surface area contributed by atoms with Gasteiger partial charge < -0.3 is 9.88 Å². The number of nitrogens with zero attached hydrogens (tertiary/aromatic N) is 3. The lowest BCUT2D eigenvalue weighted by Gasteiger charge is -2.13. The summed E-state index contributed by atoms with van der Waals surface area (Å²) in [6, 6.07) is 8.57. The Morgan fingerprint density at radius 3 is 2.81 bits per heavy atom. The second-order valence-electron chi connectivity index (χ2n) is 5.27. The fourth-order valence-electron chi connectivity index (χ4n) is 2.55. The first-order chi connectivity index (χ1) is 10.1. The third-order valence-electron chi connectivity index (χ3n) is 3.71. The van der Waals surface area contributed by atoms with Gasteiger partial charge in [-0.1, -0.05) is 12.1 Å². The van der Waals surface area contributed by atoms with Crippen LogP contribution in [0, 0.1) is 13.8 Å². The number of rotatable bonds is 5. The normalized spacial score (nSPS) is 12.9. The first kappa shape index (κ1) is 14.2. The lowest BCUT2D eigenvalue weighted by Crippen LogP contribution is -2.24. The van der Waals surface area contributed by atoms with E-state index in [1.165, 1.54) is 5.52 Å². The minimum absolute atomic E-state index is 0.282. The van der Waals surface area contributed by atoms with E-state index in [0.29, 0.717) is 0 Å². The number of nitrogens with one attached hydrogen (secondary N) is 1. The summed E-state index contributed by atoms with van der Waals surface area (Å²) in [6.45, 7) is 8.08. The Bertz CT molecular complexity index is 744. The van der Waals surface area contributed by atoms with Crippen molar-refractivity contribution >= 4 is 22.4 Å². The van der Waals surface area contributed by atoms with E-state index in [1.54, 1.807) is 11.3 Å². The number of fused-ring (bicyclic) bond motifs is 1. The molecule has 1 N–H and O–H groups in total. The third kappa shape index (κ3) is 2.99. The van der Waals surface area contributed by atoms with Crippen LogP contribution in [0.4, 0.5) is 0 Å². The van der Waals surface area contributed by atoms with Crippen LogP contribution in [0.1, 0.15) is 29.5 Å². The highest BCUT2D eigenvalue weighted by molar-refractivity contribution is 7.09. The fraction of sp³-hybridized carbons (Fsp3) is 0.375. The van der Waals surface area contributed by atoms with Crippen molar-refractivity contribution in [2.24, 2.45) is 0 Å². The molecule has 0 bridgehead atoms. The molecule has 3 aromatic rings. The molecule has 1 atom stereocenters. The molecular weight excluding hydrogens is 280 g/mol. The topological polar surface area (TPSA) is 42.7 Å². The summed E-state index contributed by atoms with van der Waals surface area (Å²) in [5.41, 5.74) is 3.40. The molecule has 0 spiro atoms. The summed E-state index contributed by atoms with van der Waals surface area (Å²) in [5.74, 6) is 1.06. The second kappa shape index (κ2) is 5.95. The molecule has 2 aromatic heterocycles. The molecule has 0 aliphatic heterocycles. The average molecular weight is 300 g/mol. The number of thiazole rings is 1. The molecule has 0 aliphatic carbocycles. The van der Waals surface area contributed by atoms with Gasteiger partial charge in [0.15, 0.2) is 0 Å². The summed E-state index contributed by atoms with van der Waals surface area (Å²) in [6.07, 6.45) is 0. The summed E-state index contributed by atoms with van der Waals surface area (Å²) < 4.78 is 2.27. The number of hydrogen-bond donors (Lipinski definition) is 1. The third-order valence-corrected chi connectivity index (χ3v) is 4.50. The van der Waals surface area contributed by atoms with Gasteiger partial charge in [-0.3, -0.25) is 0 Å². The second-order valence-corrected chi connectivity index (χ2v) is 6.33. The van der Waals surface area contributed by atoms with Gasteiger partial charge in [-0.15, -0.1) is 11.3 Å². The van der Waals surface area contributed by atoms with Gasteiger partial charge in [0, 0.05) is 24.5 Å². The molecule has 0 aliphatic rings. The van der Waals surface area contributed by atoms with Crippen molar-refractivity contribution < 1.29 is 0 Å². The largest absolute Gasteiger partial charge is 0.327 e. The molecule has 0 fully saturated rings. The molecule has 1 aromatic carbocycles. The Hall–Kier alpha value is -1.72. The lowest BCUT2D eigenvalue weighted by molar-refractivity contribution is 0.524. The van der Waals surface area contributed by atoms with Crippen LogP contribution in [-0.4, -0.2) is 21.1 Å². The summed E-state index contributed by atoms with van der Waals surface area (Å²) in [4.78, 5) is 9.13. The van der Waals surface area contributed by atoms with Crippen molar-refractivity contribution in [3.8, 4) is 0 Å². The highest BCUT2D eigenvalue weighted by Crippen LogP contribution is 2.17. The van der Waals surface area contributed by atoms with Crippen LogP contribution in [0.2, 0.25) is 0 Å². The van der Waals surface area contributed by atoms with E-state index < -0.39 is 0 Å². The Labute approximate surface area is 128 Å². The minimum Gasteiger partial charge on any atom is -0.327 e.